The molecule has 2 saturated carbocycles. The van der Waals surface area contributed by atoms with Crippen LogP contribution >= 0.6 is 11.6 Å². The minimum absolute atomic E-state index is 0.0490. The number of nitrogens with one attached hydrogen (secondary N) is 2. The molecule has 2 heterocycles. The van der Waals surface area contributed by atoms with Crippen LogP contribution in [0.5, 0.6) is 0 Å². The molecule has 186 valence electrons. The number of carbonyl (C=O) groups is 1. The van der Waals surface area contributed by atoms with Crippen LogP contribution in [0.4, 0.5) is 15.9 Å². The number of carbonyl (C=O) groups excluding carboxylic acids is 1. The molecule has 35 heavy (non-hydrogen) atoms. The first kappa shape index (κ1) is 23.8. The summed E-state index contributed by atoms with van der Waals surface area (Å²) in [5.74, 6) is 0.484. The van der Waals surface area contributed by atoms with Crippen molar-refractivity contribution in [1.29, 1.82) is 0 Å². The van der Waals surface area contributed by atoms with Crippen LogP contribution in [-0.2, 0) is 12.6 Å². The number of hydrogen-bond acceptors (Lipinski definition) is 4. The van der Waals surface area contributed by atoms with E-state index in [0.29, 0.717) is 41.9 Å². The number of amides is 1. The molecule has 0 bridgehead atoms. The molecule has 0 spiro atoms. The number of aromatic nitrogens is 4. The van der Waals surface area contributed by atoms with Crippen molar-refractivity contribution < 1.29 is 19.0 Å². The first-order valence-corrected chi connectivity index (χ1v) is 12.3. The first-order chi connectivity index (χ1) is 16.6. The fourth-order valence-electron chi connectivity index (χ4n) is 6.10. The lowest BCUT2D eigenvalue weighted by atomic mass is 9.90. The van der Waals surface area contributed by atoms with Crippen molar-refractivity contribution in [2.75, 3.05) is 11.1 Å². The quantitative estimate of drug-likeness (QED) is 0.395. The summed E-state index contributed by atoms with van der Waals surface area (Å²) >= 11 is 5.86. The molecule has 2 aliphatic rings. The third-order valence-electron chi connectivity index (χ3n) is 7.58. The molecule has 2 unspecified atom stereocenters. The van der Waals surface area contributed by atoms with E-state index in [1.165, 1.54) is 18.2 Å². The van der Waals surface area contributed by atoms with Crippen LogP contribution in [0, 0.1) is 17.7 Å². The van der Waals surface area contributed by atoms with Crippen LogP contribution in [-0.4, -0.2) is 25.7 Å². The number of imidazole rings is 1. The van der Waals surface area contributed by atoms with Crippen molar-refractivity contribution in [3.8, 4) is 0 Å². The fourth-order valence-corrected chi connectivity index (χ4v) is 6.28. The molecular weight excluding hydrogens is 471 g/mol. The van der Waals surface area contributed by atoms with Gasteiger partial charge in [0, 0.05) is 18.7 Å². The molecule has 0 saturated heterocycles. The molecule has 10 heteroatoms. The second kappa shape index (κ2) is 8.64. The Kier molecular flexibility index (Phi) is 5.88. The molecule has 0 aliphatic heterocycles. The highest BCUT2D eigenvalue weighted by molar-refractivity contribution is 6.31. The van der Waals surface area contributed by atoms with Crippen LogP contribution in [0.3, 0.4) is 0 Å². The Morgan fingerprint density at radius 1 is 1.34 bits per heavy atom. The number of nitrogens with zero attached hydrogens (tertiary/aromatic N) is 3. The predicted octanol–water partition coefficient (Wildman–Crippen LogP) is 4.04. The van der Waals surface area contributed by atoms with Gasteiger partial charge >= 0.3 is 0 Å². The summed E-state index contributed by atoms with van der Waals surface area (Å²) < 4.78 is 17.2. The van der Waals surface area contributed by atoms with Gasteiger partial charge in [-0.25, -0.2) is 9.37 Å². The number of rotatable bonds is 5. The summed E-state index contributed by atoms with van der Waals surface area (Å²) in [5, 5.41) is 17.5. The van der Waals surface area contributed by atoms with Gasteiger partial charge in [-0.3, -0.25) is 4.79 Å². The maximum absolute atomic E-state index is 13.5. The van der Waals surface area contributed by atoms with Crippen molar-refractivity contribution in [2.45, 2.75) is 57.1 Å². The van der Waals surface area contributed by atoms with Gasteiger partial charge < -0.3 is 20.7 Å². The van der Waals surface area contributed by atoms with Gasteiger partial charge in [0.05, 0.1) is 23.1 Å². The van der Waals surface area contributed by atoms with E-state index >= 15 is 0 Å². The summed E-state index contributed by atoms with van der Waals surface area (Å²) in [7, 11) is 1.79. The Labute approximate surface area is 208 Å². The van der Waals surface area contributed by atoms with Gasteiger partial charge in [0.1, 0.15) is 11.5 Å². The molecule has 2 fully saturated rings. The smallest absolute Gasteiger partial charge is 0.274 e. The first-order valence-electron chi connectivity index (χ1n) is 12.0. The molecule has 1 aromatic carbocycles. The SMILES string of the molecule is CC(C)[n+]1[nH]c(N)cc1C1(O)CC2CC(c3ncn(C)c3C(=O)Nc3ccc(F)c(Cl)c3)CC2C1. The van der Waals surface area contributed by atoms with E-state index < -0.39 is 11.4 Å². The van der Waals surface area contributed by atoms with Crippen LogP contribution < -0.4 is 15.7 Å². The average Bonchev–Trinajstić information content (AvgIpc) is 3.52. The minimum Gasteiger partial charge on any atom is -0.381 e. The van der Waals surface area contributed by atoms with Crippen LogP contribution in [0.25, 0.3) is 0 Å². The normalized spacial score (nSPS) is 25.9. The van der Waals surface area contributed by atoms with Crippen molar-refractivity contribution >= 4 is 29.0 Å². The minimum atomic E-state index is -0.926. The predicted molar refractivity (Wildman–Crippen MR) is 130 cm³/mol. The molecule has 2 aliphatic carbocycles. The Morgan fingerprint density at radius 2 is 2.03 bits per heavy atom. The number of H-pyrrole nitrogens is 1. The Bertz CT molecular complexity index is 1270. The largest absolute Gasteiger partial charge is 0.381 e. The van der Waals surface area contributed by atoms with Crippen LogP contribution in [0.15, 0.2) is 30.6 Å². The van der Waals surface area contributed by atoms with Gasteiger partial charge in [0.2, 0.25) is 5.69 Å². The highest BCUT2D eigenvalue weighted by Gasteiger charge is 2.54. The van der Waals surface area contributed by atoms with Crippen molar-refractivity contribution in [2.24, 2.45) is 18.9 Å². The topological polar surface area (TPSA) is 113 Å². The van der Waals surface area contributed by atoms with E-state index in [0.717, 1.165) is 24.2 Å². The maximum atomic E-state index is 13.5. The van der Waals surface area contributed by atoms with Crippen molar-refractivity contribution in [3.63, 3.8) is 0 Å². The fraction of sp³-hybridized carbons (Fsp3) is 0.480. The number of aromatic amines is 1. The number of aryl methyl sites for hydroxylation is 1. The molecule has 2 aromatic heterocycles. The van der Waals surface area contributed by atoms with Crippen LogP contribution in [0.1, 0.15) is 73.4 Å². The van der Waals surface area contributed by atoms with Gasteiger partial charge in [0.25, 0.3) is 5.91 Å². The molecule has 5 rings (SSSR count). The number of aliphatic hydroxyl groups is 1. The molecule has 2 atom stereocenters. The lowest BCUT2D eigenvalue weighted by molar-refractivity contribution is -0.778. The van der Waals surface area contributed by atoms with E-state index in [1.54, 1.807) is 17.9 Å². The van der Waals surface area contributed by atoms with Gasteiger partial charge in [0.15, 0.2) is 17.5 Å². The Hall–Kier alpha value is -2.91. The van der Waals surface area contributed by atoms with Crippen molar-refractivity contribution in [1.82, 2.24) is 14.6 Å². The maximum Gasteiger partial charge on any atom is 0.274 e. The number of fused-ring (bicyclic) bond motifs is 1. The molecule has 1 amide bonds. The summed E-state index contributed by atoms with van der Waals surface area (Å²) in [4.78, 5) is 17.7. The summed E-state index contributed by atoms with van der Waals surface area (Å²) in [6, 6.07) is 6.10. The summed E-state index contributed by atoms with van der Waals surface area (Å²) in [6.07, 6.45) is 4.67. The van der Waals surface area contributed by atoms with Gasteiger partial charge in [-0.05, 0) is 69.6 Å². The van der Waals surface area contributed by atoms with E-state index in [1.807, 2.05) is 10.7 Å². The number of benzene rings is 1. The zero-order valence-corrected chi connectivity index (χ0v) is 20.8. The molecule has 3 aromatic rings. The van der Waals surface area contributed by atoms with Crippen molar-refractivity contribution in [3.05, 3.63) is 58.5 Å². The van der Waals surface area contributed by atoms with Gasteiger partial charge in [-0.2, -0.15) is 0 Å². The third kappa shape index (κ3) is 4.21. The Morgan fingerprint density at radius 3 is 2.66 bits per heavy atom. The second-order valence-electron chi connectivity index (χ2n) is 10.4. The monoisotopic (exact) mass is 501 g/mol. The van der Waals surface area contributed by atoms with E-state index in [4.69, 9.17) is 17.3 Å². The molecule has 5 N–H and O–H groups in total. The van der Waals surface area contributed by atoms with E-state index in [-0.39, 0.29) is 22.9 Å². The second-order valence-corrected chi connectivity index (χ2v) is 10.8. The third-order valence-corrected chi connectivity index (χ3v) is 7.87. The number of nitrogens with two attached hydrogens (primary N) is 1. The summed E-state index contributed by atoms with van der Waals surface area (Å²) in [5.41, 5.74) is 7.60. The number of hydrogen-bond donors (Lipinski definition) is 4. The number of nitrogen functional groups attached to an aromatic ring is 1. The molecule has 8 nitrogen and oxygen atoms in total. The zero-order chi connectivity index (χ0) is 25.1. The van der Waals surface area contributed by atoms with E-state index in [2.05, 4.69) is 29.2 Å². The van der Waals surface area contributed by atoms with Gasteiger partial charge in [-0.1, -0.05) is 11.6 Å². The standard InChI is InChI=1S/C25H30ClFN6O2/c1-13(2)33-20(9-21(28)31-33)25(35)10-15-6-14(7-16(15)11-25)22-23(32(3)12-29-22)24(34)30-17-4-5-19(27)18(26)8-17/h4-5,8-9,12-16,35H,6-7,10-11H2,1-3H3,(H3,28,30,31,34)/p+1. The lowest BCUT2D eigenvalue weighted by Crippen LogP contribution is -2.47. The van der Waals surface area contributed by atoms with Gasteiger partial charge in [-0.15, -0.1) is 9.78 Å². The average molecular weight is 502 g/mol. The number of halogens is 2. The zero-order valence-electron chi connectivity index (χ0n) is 20.1. The summed E-state index contributed by atoms with van der Waals surface area (Å²) in [6.45, 7) is 4.12. The number of anilines is 2. The highest BCUT2D eigenvalue weighted by atomic mass is 35.5. The van der Waals surface area contributed by atoms with Crippen LogP contribution in [0.2, 0.25) is 5.02 Å². The van der Waals surface area contributed by atoms with E-state index in [9.17, 15) is 14.3 Å². The molecular formula is C25H31ClFN6O2+. The molecule has 0 radical (unpaired) electrons. The highest BCUT2D eigenvalue weighted by Crippen LogP contribution is 2.56. The Balaban J connectivity index is 1.33. The lowest BCUT2D eigenvalue weighted by Gasteiger charge is -2.21.